The number of amides is 2. The van der Waals surface area contributed by atoms with Gasteiger partial charge in [-0.15, -0.1) is 0 Å². The monoisotopic (exact) mass is 309 g/mol. The molecular weight excluding hydrogens is 290 g/mol. The minimum atomic E-state index is -1.09. The van der Waals surface area contributed by atoms with Crippen LogP contribution in [-0.4, -0.2) is 39.6 Å². The maximum Gasteiger partial charge on any atom is 0.354 e. The van der Waals surface area contributed by atoms with Crippen molar-refractivity contribution < 1.29 is 14.7 Å². The van der Waals surface area contributed by atoms with Gasteiger partial charge in [0, 0.05) is 11.3 Å². The van der Waals surface area contributed by atoms with Crippen LogP contribution in [0.2, 0.25) is 0 Å². The molecule has 1 fully saturated rings. The maximum absolute atomic E-state index is 12.0. The number of carbonyl (C=O) groups is 2. The van der Waals surface area contributed by atoms with Gasteiger partial charge in [0.05, 0.1) is 11.9 Å². The number of pyridine rings is 1. The van der Waals surface area contributed by atoms with Crippen LogP contribution in [-0.2, 0) is 0 Å². The topological polar surface area (TPSA) is 91.3 Å². The third-order valence-corrected chi connectivity index (χ3v) is 4.73. The molecule has 6 nitrogen and oxygen atoms in total. The summed E-state index contributed by atoms with van der Waals surface area (Å²) in [6.45, 7) is 0. The lowest BCUT2D eigenvalue weighted by molar-refractivity contribution is 0.0690. The molecule has 114 valence electrons. The Hall–Kier alpha value is -1.76. The van der Waals surface area contributed by atoms with Gasteiger partial charge in [0.2, 0.25) is 0 Å². The molecule has 2 atom stereocenters. The first-order chi connectivity index (χ1) is 10.1. The van der Waals surface area contributed by atoms with Gasteiger partial charge < -0.3 is 15.7 Å². The summed E-state index contributed by atoms with van der Waals surface area (Å²) in [4.78, 5) is 26.5. The van der Waals surface area contributed by atoms with Crippen molar-refractivity contribution in [1.29, 1.82) is 0 Å². The quantitative estimate of drug-likeness (QED) is 0.795. The van der Waals surface area contributed by atoms with Gasteiger partial charge in [0.25, 0.3) is 0 Å². The SMILES string of the molecule is CSC1CCCCC1NC(=O)Nc1ccc(C(=O)O)nc1. The minimum absolute atomic E-state index is 0.0457. The van der Waals surface area contributed by atoms with Crippen molar-refractivity contribution in [2.75, 3.05) is 11.6 Å². The highest BCUT2D eigenvalue weighted by Crippen LogP contribution is 2.27. The van der Waals surface area contributed by atoms with Gasteiger partial charge in [-0.1, -0.05) is 12.8 Å². The molecule has 2 rings (SSSR count). The van der Waals surface area contributed by atoms with Crippen LogP contribution < -0.4 is 10.6 Å². The van der Waals surface area contributed by atoms with Gasteiger partial charge in [-0.05, 0) is 31.2 Å². The second kappa shape index (κ2) is 7.31. The lowest BCUT2D eigenvalue weighted by atomic mass is 9.95. The van der Waals surface area contributed by atoms with E-state index in [2.05, 4.69) is 21.9 Å². The molecule has 0 aromatic carbocycles. The van der Waals surface area contributed by atoms with E-state index in [0.717, 1.165) is 19.3 Å². The van der Waals surface area contributed by atoms with Crippen LogP contribution >= 0.6 is 11.8 Å². The van der Waals surface area contributed by atoms with E-state index < -0.39 is 5.97 Å². The zero-order valence-electron chi connectivity index (χ0n) is 11.8. The van der Waals surface area contributed by atoms with Crippen LogP contribution in [0.15, 0.2) is 18.3 Å². The molecule has 7 heteroatoms. The molecule has 2 unspecified atom stereocenters. The molecule has 3 N–H and O–H groups in total. The summed E-state index contributed by atoms with van der Waals surface area (Å²) in [5.41, 5.74) is 0.435. The van der Waals surface area contributed by atoms with E-state index in [0.29, 0.717) is 10.9 Å². The Bertz CT molecular complexity index is 507. The molecular formula is C14H19N3O3S. The van der Waals surface area contributed by atoms with Gasteiger partial charge in [-0.25, -0.2) is 14.6 Å². The number of carboxylic acid groups (broad SMARTS) is 1. The number of hydrogen-bond acceptors (Lipinski definition) is 4. The Labute approximate surface area is 127 Å². The highest BCUT2D eigenvalue weighted by atomic mass is 32.2. The van der Waals surface area contributed by atoms with Gasteiger partial charge in [0.1, 0.15) is 5.69 Å². The molecule has 21 heavy (non-hydrogen) atoms. The third kappa shape index (κ3) is 4.35. The number of nitrogens with zero attached hydrogens (tertiary/aromatic N) is 1. The zero-order valence-corrected chi connectivity index (χ0v) is 12.7. The summed E-state index contributed by atoms with van der Waals surface area (Å²) >= 11 is 1.79. The third-order valence-electron chi connectivity index (χ3n) is 3.56. The predicted octanol–water partition coefficient (Wildman–Crippen LogP) is 2.58. The fourth-order valence-electron chi connectivity index (χ4n) is 2.47. The molecule has 1 heterocycles. The van der Waals surface area contributed by atoms with E-state index in [4.69, 9.17) is 5.11 Å². The fraction of sp³-hybridized carbons (Fsp3) is 0.500. The summed E-state index contributed by atoms with van der Waals surface area (Å²) in [5, 5.41) is 14.9. The Morgan fingerprint density at radius 1 is 1.33 bits per heavy atom. The normalized spacial score (nSPS) is 21.6. The summed E-state index contributed by atoms with van der Waals surface area (Å²) in [5.74, 6) is -1.09. The van der Waals surface area contributed by atoms with Crippen molar-refractivity contribution in [2.24, 2.45) is 0 Å². The Morgan fingerprint density at radius 2 is 2.10 bits per heavy atom. The molecule has 0 radical (unpaired) electrons. The Balaban J connectivity index is 1.90. The summed E-state index contributed by atoms with van der Waals surface area (Å²) < 4.78 is 0. The number of nitrogens with one attached hydrogen (secondary N) is 2. The van der Waals surface area contributed by atoms with Gasteiger partial charge in [-0.2, -0.15) is 11.8 Å². The van der Waals surface area contributed by atoms with Crippen LogP contribution in [0, 0.1) is 0 Å². The molecule has 1 aliphatic rings. The minimum Gasteiger partial charge on any atom is -0.477 e. The number of urea groups is 1. The maximum atomic E-state index is 12.0. The number of rotatable bonds is 4. The van der Waals surface area contributed by atoms with Gasteiger partial charge in [-0.3, -0.25) is 0 Å². The number of carbonyl (C=O) groups excluding carboxylic acids is 1. The Morgan fingerprint density at radius 3 is 2.71 bits per heavy atom. The number of thioether (sulfide) groups is 1. The fourth-order valence-corrected chi connectivity index (χ4v) is 3.41. The second-order valence-electron chi connectivity index (χ2n) is 5.00. The van der Waals surface area contributed by atoms with Crippen molar-refractivity contribution in [2.45, 2.75) is 37.0 Å². The van der Waals surface area contributed by atoms with Crippen LogP contribution in [0.4, 0.5) is 10.5 Å². The van der Waals surface area contributed by atoms with E-state index in [1.54, 1.807) is 11.8 Å². The summed E-state index contributed by atoms with van der Waals surface area (Å²) in [6.07, 6.45) is 7.88. The van der Waals surface area contributed by atoms with E-state index in [-0.39, 0.29) is 17.8 Å². The molecule has 1 aromatic rings. The van der Waals surface area contributed by atoms with Crippen molar-refractivity contribution in [3.8, 4) is 0 Å². The predicted molar refractivity (Wildman–Crippen MR) is 82.9 cm³/mol. The largest absolute Gasteiger partial charge is 0.477 e. The summed E-state index contributed by atoms with van der Waals surface area (Å²) in [7, 11) is 0. The van der Waals surface area contributed by atoms with Crippen LogP contribution in [0.25, 0.3) is 0 Å². The molecule has 0 saturated heterocycles. The summed E-state index contributed by atoms with van der Waals surface area (Å²) in [6, 6.07) is 2.80. The molecule has 0 bridgehead atoms. The van der Waals surface area contributed by atoms with Gasteiger partial charge >= 0.3 is 12.0 Å². The van der Waals surface area contributed by atoms with E-state index >= 15 is 0 Å². The molecule has 1 saturated carbocycles. The average molecular weight is 309 g/mol. The van der Waals surface area contributed by atoms with Crippen molar-refractivity contribution in [3.05, 3.63) is 24.0 Å². The second-order valence-corrected chi connectivity index (χ2v) is 6.08. The van der Waals surface area contributed by atoms with E-state index in [9.17, 15) is 9.59 Å². The first-order valence-corrected chi connectivity index (χ1v) is 8.18. The number of anilines is 1. The highest BCUT2D eigenvalue weighted by Gasteiger charge is 2.25. The number of hydrogen-bond donors (Lipinski definition) is 3. The zero-order chi connectivity index (χ0) is 15.2. The lowest BCUT2D eigenvalue weighted by Crippen LogP contribution is -2.45. The molecule has 2 amide bonds. The highest BCUT2D eigenvalue weighted by molar-refractivity contribution is 7.99. The van der Waals surface area contributed by atoms with Crippen LogP contribution in [0.1, 0.15) is 36.2 Å². The first-order valence-electron chi connectivity index (χ1n) is 6.90. The number of aromatic carboxylic acids is 1. The van der Waals surface area contributed by atoms with Crippen LogP contribution in [0.3, 0.4) is 0 Å². The molecule has 0 aliphatic heterocycles. The smallest absolute Gasteiger partial charge is 0.354 e. The molecule has 0 spiro atoms. The standard InChI is InChI=1S/C14H19N3O3S/c1-21-12-5-3-2-4-10(12)17-14(20)16-9-6-7-11(13(18)19)15-8-9/h6-8,10,12H,2-5H2,1H3,(H,18,19)(H2,16,17,20). The number of aromatic nitrogens is 1. The molecule has 1 aromatic heterocycles. The lowest BCUT2D eigenvalue weighted by Gasteiger charge is -2.30. The van der Waals surface area contributed by atoms with E-state index in [1.807, 2.05) is 0 Å². The van der Waals surface area contributed by atoms with Gasteiger partial charge in [0.15, 0.2) is 0 Å². The van der Waals surface area contributed by atoms with E-state index in [1.165, 1.54) is 24.8 Å². The van der Waals surface area contributed by atoms with Crippen molar-refractivity contribution in [1.82, 2.24) is 10.3 Å². The average Bonchev–Trinajstić information content (AvgIpc) is 2.48. The van der Waals surface area contributed by atoms with Crippen molar-refractivity contribution in [3.63, 3.8) is 0 Å². The van der Waals surface area contributed by atoms with Crippen molar-refractivity contribution >= 4 is 29.4 Å². The first kappa shape index (κ1) is 15.6. The molecule has 1 aliphatic carbocycles. The van der Waals surface area contributed by atoms with Crippen LogP contribution in [0.5, 0.6) is 0 Å². The number of carboxylic acids is 1. The Kier molecular flexibility index (Phi) is 5.44.